The van der Waals surface area contributed by atoms with E-state index in [-0.39, 0.29) is 5.56 Å². The molecule has 1 aliphatic rings. The number of nitrogens with zero attached hydrogens (tertiary/aromatic N) is 2. The Morgan fingerprint density at radius 1 is 1.08 bits per heavy atom. The van der Waals surface area contributed by atoms with E-state index in [0.717, 1.165) is 24.0 Å². The maximum absolute atomic E-state index is 12.7. The van der Waals surface area contributed by atoms with Gasteiger partial charge in [-0.25, -0.2) is 4.98 Å². The van der Waals surface area contributed by atoms with Gasteiger partial charge >= 0.3 is 0 Å². The first-order valence-corrected chi connectivity index (χ1v) is 8.93. The largest absolute Gasteiger partial charge is 0.353 e. The van der Waals surface area contributed by atoms with Gasteiger partial charge in [-0.15, -0.1) is 0 Å². The molecule has 1 saturated carbocycles. The predicted octanol–water partition coefficient (Wildman–Crippen LogP) is 4.04. The molecule has 2 N–H and O–H groups in total. The Bertz CT molecular complexity index is 940. The van der Waals surface area contributed by atoms with Crippen molar-refractivity contribution in [1.29, 1.82) is 0 Å². The van der Waals surface area contributed by atoms with Crippen molar-refractivity contribution in [3.8, 4) is 11.1 Å². The summed E-state index contributed by atoms with van der Waals surface area (Å²) in [5, 5.41) is 3.92. The number of aromatic amines is 1. The number of aryl methyl sites for hydroxylation is 1. The van der Waals surface area contributed by atoms with Gasteiger partial charge in [-0.1, -0.05) is 49.1 Å². The van der Waals surface area contributed by atoms with Crippen LogP contribution in [0.2, 0.25) is 0 Å². The van der Waals surface area contributed by atoms with Gasteiger partial charge < -0.3 is 5.32 Å². The summed E-state index contributed by atoms with van der Waals surface area (Å²) in [5.74, 6) is 0.526. The number of hydrogen-bond acceptors (Lipinski definition) is 4. The fourth-order valence-corrected chi connectivity index (χ4v) is 3.55. The average Bonchev–Trinajstić information content (AvgIpc) is 2.63. The molecule has 0 unspecified atom stereocenters. The molecular weight excluding hydrogens is 312 g/mol. The highest BCUT2D eigenvalue weighted by atomic mass is 16.1. The molecule has 0 amide bonds. The molecule has 3 aromatic rings. The topological polar surface area (TPSA) is 70.7 Å². The summed E-state index contributed by atoms with van der Waals surface area (Å²) < 4.78 is 0. The molecule has 0 atom stereocenters. The van der Waals surface area contributed by atoms with Crippen LogP contribution < -0.4 is 10.9 Å². The van der Waals surface area contributed by atoms with Crippen LogP contribution in [0, 0.1) is 6.92 Å². The molecule has 5 heteroatoms. The normalized spacial score (nSPS) is 15.4. The minimum absolute atomic E-state index is 0.146. The number of H-pyrrole nitrogens is 1. The van der Waals surface area contributed by atoms with Gasteiger partial charge in [0.05, 0.1) is 5.39 Å². The van der Waals surface area contributed by atoms with Crippen LogP contribution in [0.4, 0.5) is 5.95 Å². The fourth-order valence-electron chi connectivity index (χ4n) is 3.55. The molecule has 1 aliphatic carbocycles. The lowest BCUT2D eigenvalue weighted by Gasteiger charge is -2.22. The van der Waals surface area contributed by atoms with E-state index >= 15 is 0 Å². The second kappa shape index (κ2) is 6.67. The van der Waals surface area contributed by atoms with Crippen LogP contribution in [0.5, 0.6) is 0 Å². The quantitative estimate of drug-likeness (QED) is 0.758. The van der Waals surface area contributed by atoms with Crippen LogP contribution in [-0.4, -0.2) is 21.0 Å². The lowest BCUT2D eigenvalue weighted by molar-refractivity contribution is 0.461. The average molecular weight is 334 g/mol. The van der Waals surface area contributed by atoms with E-state index in [9.17, 15) is 4.79 Å². The first-order chi connectivity index (χ1) is 12.2. The molecule has 128 valence electrons. The number of fused-ring (bicyclic) bond motifs is 1. The fraction of sp³-hybridized carbons (Fsp3) is 0.350. The molecule has 0 bridgehead atoms. The van der Waals surface area contributed by atoms with Crippen molar-refractivity contribution in [2.75, 3.05) is 5.32 Å². The third kappa shape index (κ3) is 3.27. The highest BCUT2D eigenvalue weighted by Gasteiger charge is 2.16. The van der Waals surface area contributed by atoms with Gasteiger partial charge in [0, 0.05) is 12.2 Å². The van der Waals surface area contributed by atoms with Gasteiger partial charge in [-0.05, 0) is 37.0 Å². The predicted molar refractivity (Wildman–Crippen MR) is 101 cm³/mol. The summed E-state index contributed by atoms with van der Waals surface area (Å²) in [5.41, 5.74) is 3.39. The Hall–Kier alpha value is -2.69. The van der Waals surface area contributed by atoms with Gasteiger partial charge in [-0.3, -0.25) is 9.78 Å². The summed E-state index contributed by atoms with van der Waals surface area (Å²) in [4.78, 5) is 24.5. The van der Waals surface area contributed by atoms with E-state index in [1.54, 1.807) is 6.20 Å². The van der Waals surface area contributed by atoms with Crippen molar-refractivity contribution in [2.45, 2.75) is 45.1 Å². The third-order valence-electron chi connectivity index (χ3n) is 4.92. The zero-order chi connectivity index (χ0) is 17.2. The first kappa shape index (κ1) is 15.8. The minimum Gasteiger partial charge on any atom is -0.353 e. The summed E-state index contributed by atoms with van der Waals surface area (Å²) >= 11 is 0. The molecule has 2 aromatic heterocycles. The van der Waals surface area contributed by atoms with Gasteiger partial charge in [0.25, 0.3) is 5.56 Å². The number of rotatable bonds is 3. The molecule has 5 nitrogen and oxygen atoms in total. The maximum atomic E-state index is 12.7. The van der Waals surface area contributed by atoms with Crippen molar-refractivity contribution in [1.82, 2.24) is 15.0 Å². The smallest absolute Gasteiger partial charge is 0.262 e. The summed E-state index contributed by atoms with van der Waals surface area (Å²) in [7, 11) is 0. The molecular formula is C20H22N4O. The van der Waals surface area contributed by atoms with Crippen molar-refractivity contribution >= 4 is 17.0 Å². The van der Waals surface area contributed by atoms with Crippen molar-refractivity contribution in [3.63, 3.8) is 0 Å². The highest BCUT2D eigenvalue weighted by Crippen LogP contribution is 2.25. The zero-order valence-corrected chi connectivity index (χ0v) is 14.4. The van der Waals surface area contributed by atoms with Crippen LogP contribution in [0.1, 0.15) is 37.7 Å². The Morgan fingerprint density at radius 2 is 1.84 bits per heavy atom. The highest BCUT2D eigenvalue weighted by molar-refractivity contribution is 5.92. The Morgan fingerprint density at radius 3 is 2.60 bits per heavy atom. The summed E-state index contributed by atoms with van der Waals surface area (Å²) in [6, 6.07) is 10.4. The molecule has 1 fully saturated rings. The molecule has 0 spiro atoms. The zero-order valence-electron chi connectivity index (χ0n) is 14.4. The Kier molecular flexibility index (Phi) is 4.22. The molecule has 0 radical (unpaired) electrons. The van der Waals surface area contributed by atoms with Crippen LogP contribution in [0.3, 0.4) is 0 Å². The van der Waals surface area contributed by atoms with Gasteiger partial charge in [0.15, 0.2) is 5.65 Å². The first-order valence-electron chi connectivity index (χ1n) is 8.93. The standard InChI is InChI=1S/C20H22N4O/c1-13-7-9-14(10-8-13)16-11-12-21-18-17(16)19(25)24-20(23-18)22-15-5-3-2-4-6-15/h7-12,15H,2-6H2,1H3,(H2,21,22,23,24,25). The molecule has 25 heavy (non-hydrogen) atoms. The van der Waals surface area contributed by atoms with Crippen LogP contribution >= 0.6 is 0 Å². The summed E-state index contributed by atoms with van der Waals surface area (Å²) in [6.07, 6.45) is 7.71. The summed E-state index contributed by atoms with van der Waals surface area (Å²) in [6.45, 7) is 2.05. The lowest BCUT2D eigenvalue weighted by Crippen LogP contribution is -2.25. The van der Waals surface area contributed by atoms with Crippen LogP contribution in [0.15, 0.2) is 41.3 Å². The van der Waals surface area contributed by atoms with Gasteiger partial charge in [-0.2, -0.15) is 4.98 Å². The van der Waals surface area contributed by atoms with E-state index in [0.29, 0.717) is 23.0 Å². The molecule has 4 rings (SSSR count). The van der Waals surface area contributed by atoms with Gasteiger partial charge in [0.1, 0.15) is 0 Å². The Balaban J connectivity index is 1.75. The second-order valence-electron chi connectivity index (χ2n) is 6.82. The second-order valence-corrected chi connectivity index (χ2v) is 6.82. The number of pyridine rings is 1. The SMILES string of the molecule is Cc1ccc(-c2ccnc3nc(NC4CCCCC4)[nH]c(=O)c23)cc1. The van der Waals surface area contributed by atoms with E-state index in [4.69, 9.17) is 0 Å². The third-order valence-corrected chi connectivity index (χ3v) is 4.92. The maximum Gasteiger partial charge on any atom is 0.262 e. The number of aromatic nitrogens is 3. The lowest BCUT2D eigenvalue weighted by atomic mass is 9.96. The minimum atomic E-state index is -0.146. The Labute approximate surface area is 146 Å². The number of nitrogens with one attached hydrogen (secondary N) is 2. The van der Waals surface area contributed by atoms with E-state index in [1.807, 2.05) is 37.3 Å². The van der Waals surface area contributed by atoms with E-state index in [1.165, 1.54) is 24.8 Å². The molecule has 0 aliphatic heterocycles. The van der Waals surface area contributed by atoms with Crippen molar-refractivity contribution < 1.29 is 0 Å². The number of hydrogen-bond donors (Lipinski definition) is 2. The monoisotopic (exact) mass is 334 g/mol. The van der Waals surface area contributed by atoms with Crippen LogP contribution in [-0.2, 0) is 0 Å². The van der Waals surface area contributed by atoms with Crippen molar-refractivity contribution in [3.05, 3.63) is 52.4 Å². The molecule has 0 saturated heterocycles. The molecule has 1 aromatic carbocycles. The van der Waals surface area contributed by atoms with Crippen molar-refractivity contribution in [2.24, 2.45) is 0 Å². The van der Waals surface area contributed by atoms with Crippen LogP contribution in [0.25, 0.3) is 22.2 Å². The van der Waals surface area contributed by atoms with E-state index in [2.05, 4.69) is 20.3 Å². The number of benzene rings is 1. The van der Waals surface area contributed by atoms with E-state index < -0.39 is 0 Å². The number of anilines is 1. The molecule has 2 heterocycles. The van der Waals surface area contributed by atoms with Gasteiger partial charge in [0.2, 0.25) is 5.95 Å².